The SMILES string of the molecule is COC(=O)C1=CCCC1C#N. The monoisotopic (exact) mass is 151 g/mol. The highest BCUT2D eigenvalue weighted by Gasteiger charge is 2.24. The van der Waals surface area contributed by atoms with Crippen LogP contribution in [0.25, 0.3) is 0 Å². The van der Waals surface area contributed by atoms with Gasteiger partial charge in [0.1, 0.15) is 0 Å². The van der Waals surface area contributed by atoms with E-state index in [-0.39, 0.29) is 11.9 Å². The second kappa shape index (κ2) is 3.20. The Balaban J connectivity index is 2.72. The van der Waals surface area contributed by atoms with Crippen molar-refractivity contribution < 1.29 is 9.53 Å². The molecule has 1 atom stereocenters. The number of ether oxygens (including phenoxy) is 1. The lowest BCUT2D eigenvalue weighted by atomic mass is 10.0. The van der Waals surface area contributed by atoms with Crippen LogP contribution in [0.4, 0.5) is 0 Å². The van der Waals surface area contributed by atoms with Crippen LogP contribution in [0.2, 0.25) is 0 Å². The van der Waals surface area contributed by atoms with Crippen molar-refractivity contribution in [3.8, 4) is 6.07 Å². The van der Waals surface area contributed by atoms with Crippen molar-refractivity contribution in [1.82, 2.24) is 0 Å². The summed E-state index contributed by atoms with van der Waals surface area (Å²) in [6, 6.07) is 2.06. The number of nitrogens with zero attached hydrogens (tertiary/aromatic N) is 1. The van der Waals surface area contributed by atoms with Crippen molar-refractivity contribution in [3.05, 3.63) is 11.6 Å². The summed E-state index contributed by atoms with van der Waals surface area (Å²) in [4.78, 5) is 10.9. The number of hydrogen-bond donors (Lipinski definition) is 0. The molecule has 0 aromatic carbocycles. The first-order valence-corrected chi connectivity index (χ1v) is 3.47. The summed E-state index contributed by atoms with van der Waals surface area (Å²) in [5.41, 5.74) is 0.523. The number of carbonyl (C=O) groups is 1. The van der Waals surface area contributed by atoms with E-state index in [1.807, 2.05) is 0 Å². The zero-order valence-electron chi connectivity index (χ0n) is 6.33. The first-order valence-electron chi connectivity index (χ1n) is 3.47. The van der Waals surface area contributed by atoms with E-state index in [2.05, 4.69) is 10.8 Å². The van der Waals surface area contributed by atoms with Crippen molar-refractivity contribution in [1.29, 1.82) is 5.26 Å². The first kappa shape index (κ1) is 7.80. The van der Waals surface area contributed by atoms with Crippen LogP contribution in [0.3, 0.4) is 0 Å². The first-order chi connectivity index (χ1) is 5.29. The molecule has 0 aromatic heterocycles. The number of esters is 1. The highest BCUT2D eigenvalue weighted by molar-refractivity contribution is 5.90. The molecule has 3 heteroatoms. The van der Waals surface area contributed by atoms with E-state index in [9.17, 15) is 4.79 Å². The van der Waals surface area contributed by atoms with Gasteiger partial charge in [0.2, 0.25) is 0 Å². The molecule has 1 aliphatic carbocycles. The summed E-state index contributed by atoms with van der Waals surface area (Å²) < 4.78 is 4.51. The van der Waals surface area contributed by atoms with Crippen LogP contribution in [-0.4, -0.2) is 13.1 Å². The summed E-state index contributed by atoms with van der Waals surface area (Å²) in [6.07, 6.45) is 3.34. The second-order valence-electron chi connectivity index (χ2n) is 2.41. The fourth-order valence-corrected chi connectivity index (χ4v) is 1.18. The fraction of sp³-hybridized carbons (Fsp3) is 0.500. The molecule has 0 bridgehead atoms. The highest BCUT2D eigenvalue weighted by atomic mass is 16.5. The van der Waals surface area contributed by atoms with Gasteiger partial charge in [-0.05, 0) is 12.8 Å². The van der Waals surface area contributed by atoms with E-state index in [4.69, 9.17) is 5.26 Å². The Kier molecular flexibility index (Phi) is 2.27. The molecular formula is C8H9NO2. The predicted molar refractivity (Wildman–Crippen MR) is 38.4 cm³/mol. The van der Waals surface area contributed by atoms with Gasteiger partial charge in [-0.2, -0.15) is 5.26 Å². The van der Waals surface area contributed by atoms with Gasteiger partial charge in [-0.3, -0.25) is 0 Å². The average molecular weight is 151 g/mol. The molecule has 0 aliphatic heterocycles. The minimum absolute atomic E-state index is 0.248. The summed E-state index contributed by atoms with van der Waals surface area (Å²) in [6.45, 7) is 0. The van der Waals surface area contributed by atoms with E-state index in [1.54, 1.807) is 6.08 Å². The number of allylic oxidation sites excluding steroid dienone is 1. The summed E-state index contributed by atoms with van der Waals surface area (Å²) in [5, 5.41) is 8.58. The van der Waals surface area contributed by atoms with Crippen molar-refractivity contribution >= 4 is 5.97 Å². The number of nitriles is 1. The lowest BCUT2D eigenvalue weighted by Crippen LogP contribution is -2.09. The Morgan fingerprint density at radius 2 is 2.64 bits per heavy atom. The second-order valence-corrected chi connectivity index (χ2v) is 2.41. The number of methoxy groups -OCH3 is 1. The molecule has 0 saturated heterocycles. The molecule has 0 radical (unpaired) electrons. The number of carbonyl (C=O) groups excluding carboxylic acids is 1. The molecule has 11 heavy (non-hydrogen) atoms. The maximum absolute atomic E-state index is 10.9. The molecule has 0 heterocycles. The average Bonchev–Trinajstić information content (AvgIpc) is 2.50. The quantitative estimate of drug-likeness (QED) is 0.526. The predicted octanol–water partition coefficient (Wildman–Crippen LogP) is 1.02. The van der Waals surface area contributed by atoms with Gasteiger partial charge in [0.25, 0.3) is 0 Å². The van der Waals surface area contributed by atoms with Gasteiger partial charge in [0.15, 0.2) is 0 Å². The van der Waals surface area contributed by atoms with Gasteiger partial charge in [0, 0.05) is 0 Å². The third kappa shape index (κ3) is 1.40. The molecule has 0 saturated carbocycles. The Bertz CT molecular complexity index is 237. The van der Waals surface area contributed by atoms with E-state index in [1.165, 1.54) is 7.11 Å². The van der Waals surface area contributed by atoms with Crippen molar-refractivity contribution in [2.45, 2.75) is 12.8 Å². The van der Waals surface area contributed by atoms with Gasteiger partial charge < -0.3 is 4.74 Å². The van der Waals surface area contributed by atoms with Crippen molar-refractivity contribution in [2.24, 2.45) is 5.92 Å². The van der Waals surface area contributed by atoms with E-state index in [0.717, 1.165) is 12.8 Å². The Hall–Kier alpha value is -1.30. The molecule has 1 aliphatic rings. The third-order valence-corrected chi connectivity index (χ3v) is 1.77. The zero-order chi connectivity index (χ0) is 8.27. The highest BCUT2D eigenvalue weighted by Crippen LogP contribution is 2.25. The molecule has 1 rings (SSSR count). The number of rotatable bonds is 1. The molecule has 0 fully saturated rings. The lowest BCUT2D eigenvalue weighted by molar-refractivity contribution is -0.136. The largest absolute Gasteiger partial charge is 0.466 e. The molecule has 58 valence electrons. The maximum Gasteiger partial charge on any atom is 0.334 e. The van der Waals surface area contributed by atoms with Crippen LogP contribution in [0.15, 0.2) is 11.6 Å². The van der Waals surface area contributed by atoms with Gasteiger partial charge in [-0.25, -0.2) is 4.79 Å². The summed E-state index contributed by atoms with van der Waals surface area (Å²) >= 11 is 0. The topological polar surface area (TPSA) is 50.1 Å². The molecule has 0 spiro atoms. The zero-order valence-corrected chi connectivity index (χ0v) is 6.33. The summed E-state index contributed by atoms with van der Waals surface area (Å²) in [7, 11) is 1.33. The van der Waals surface area contributed by atoms with Crippen molar-refractivity contribution in [2.75, 3.05) is 7.11 Å². The van der Waals surface area contributed by atoms with Gasteiger partial charge in [0.05, 0.1) is 24.7 Å². The molecule has 0 N–H and O–H groups in total. The van der Waals surface area contributed by atoms with Crippen LogP contribution < -0.4 is 0 Å². The van der Waals surface area contributed by atoms with Crippen molar-refractivity contribution in [3.63, 3.8) is 0 Å². The minimum Gasteiger partial charge on any atom is -0.466 e. The van der Waals surface area contributed by atoms with E-state index in [0.29, 0.717) is 5.57 Å². The van der Waals surface area contributed by atoms with E-state index < -0.39 is 0 Å². The lowest BCUT2D eigenvalue weighted by Gasteiger charge is -2.02. The smallest absolute Gasteiger partial charge is 0.334 e. The Morgan fingerprint density at radius 1 is 1.91 bits per heavy atom. The molecular weight excluding hydrogens is 142 g/mol. The van der Waals surface area contributed by atoms with Crippen LogP contribution in [0.5, 0.6) is 0 Å². The standard InChI is InChI=1S/C8H9NO2/c1-11-8(10)7-4-2-3-6(7)5-9/h4,6H,2-3H2,1H3. The van der Waals surface area contributed by atoms with Gasteiger partial charge >= 0.3 is 5.97 Å². The van der Waals surface area contributed by atoms with Crippen LogP contribution in [0, 0.1) is 17.2 Å². The molecule has 1 unspecified atom stereocenters. The third-order valence-electron chi connectivity index (χ3n) is 1.77. The van der Waals surface area contributed by atoms with Gasteiger partial charge in [-0.1, -0.05) is 6.08 Å². The van der Waals surface area contributed by atoms with Crippen LogP contribution >= 0.6 is 0 Å². The Labute approximate surface area is 65.3 Å². The molecule has 0 amide bonds. The Morgan fingerprint density at radius 3 is 3.18 bits per heavy atom. The fourth-order valence-electron chi connectivity index (χ4n) is 1.18. The van der Waals surface area contributed by atoms with E-state index >= 15 is 0 Å². The minimum atomic E-state index is -0.367. The molecule has 0 aromatic rings. The summed E-state index contributed by atoms with van der Waals surface area (Å²) in [5.74, 6) is -0.614. The normalized spacial score (nSPS) is 22.2. The van der Waals surface area contributed by atoms with Gasteiger partial charge in [-0.15, -0.1) is 0 Å². The maximum atomic E-state index is 10.9. The molecule has 3 nitrogen and oxygen atoms in total. The number of hydrogen-bond acceptors (Lipinski definition) is 3. The van der Waals surface area contributed by atoms with Crippen LogP contribution in [-0.2, 0) is 9.53 Å². The van der Waals surface area contributed by atoms with Crippen LogP contribution in [0.1, 0.15) is 12.8 Å².